The van der Waals surface area contributed by atoms with Gasteiger partial charge in [0.05, 0.1) is 34.5 Å². The lowest BCUT2D eigenvalue weighted by atomic mass is 9.89. The molecular weight excluding hydrogens is 690 g/mol. The Morgan fingerprint density at radius 3 is 2.32 bits per heavy atom. The van der Waals surface area contributed by atoms with E-state index in [1.165, 1.54) is 7.11 Å². The topological polar surface area (TPSA) is 121 Å². The lowest BCUT2D eigenvalue weighted by Crippen LogP contribution is -2.47. The van der Waals surface area contributed by atoms with E-state index < -0.39 is 35.3 Å². The summed E-state index contributed by atoms with van der Waals surface area (Å²) in [6.45, 7) is 5.54. The highest BCUT2D eigenvalue weighted by molar-refractivity contribution is 7.21. The first-order chi connectivity index (χ1) is 23.7. The number of benzene rings is 2. The summed E-state index contributed by atoms with van der Waals surface area (Å²) in [6.07, 6.45) is 2.27. The van der Waals surface area contributed by atoms with Gasteiger partial charge in [-0.15, -0.1) is 11.3 Å². The molecule has 0 bridgehead atoms. The molecule has 2 aromatic heterocycles. The van der Waals surface area contributed by atoms with Crippen LogP contribution in [0, 0.1) is 11.6 Å². The summed E-state index contributed by atoms with van der Waals surface area (Å²) in [5, 5.41) is 11.1. The lowest BCUT2D eigenvalue weighted by molar-refractivity contribution is 0.0144. The Kier molecular flexibility index (Phi) is 11.2. The van der Waals surface area contributed by atoms with Crippen LogP contribution in [0.4, 0.5) is 18.4 Å². The average Bonchev–Trinajstić information content (AvgIpc) is 3.44. The molecule has 0 aliphatic heterocycles. The minimum atomic E-state index is -1.16. The number of rotatable bonds is 9. The van der Waals surface area contributed by atoms with Crippen LogP contribution in [-0.4, -0.2) is 69.8 Å². The third-order valence-corrected chi connectivity index (χ3v) is 10.3. The van der Waals surface area contributed by atoms with Gasteiger partial charge in [-0.1, -0.05) is 17.7 Å². The third-order valence-electron chi connectivity index (χ3n) is 8.66. The summed E-state index contributed by atoms with van der Waals surface area (Å²) in [7, 11) is 3.24. The summed E-state index contributed by atoms with van der Waals surface area (Å²) in [6, 6.07) is 10.7. The van der Waals surface area contributed by atoms with Crippen LogP contribution in [-0.2, 0) is 17.8 Å². The average molecular weight is 729 g/mol. The highest BCUT2D eigenvalue weighted by Gasteiger charge is 2.35. The van der Waals surface area contributed by atoms with E-state index in [-0.39, 0.29) is 45.2 Å². The highest BCUT2D eigenvalue weighted by Crippen LogP contribution is 2.41. The maximum atomic E-state index is 14.8. The van der Waals surface area contributed by atoms with Gasteiger partial charge in [0.1, 0.15) is 27.9 Å². The van der Waals surface area contributed by atoms with Crippen molar-refractivity contribution in [2.75, 3.05) is 14.2 Å². The number of methoxy groups -OCH3 is 1. The smallest absolute Gasteiger partial charge is 0.410 e. The molecule has 0 unspecified atom stereocenters. The molecule has 266 valence electrons. The first-order valence-electron chi connectivity index (χ1n) is 16.1. The number of halogens is 3. The van der Waals surface area contributed by atoms with Crippen LogP contribution >= 0.6 is 22.9 Å². The van der Waals surface area contributed by atoms with E-state index in [1.54, 1.807) is 41.2 Å². The summed E-state index contributed by atoms with van der Waals surface area (Å²) in [5.74, 6) is -1.35. The van der Waals surface area contributed by atoms with Crippen molar-refractivity contribution < 1.29 is 37.7 Å². The molecule has 1 aliphatic rings. The second-order valence-corrected chi connectivity index (χ2v) is 14.6. The number of hydrogen-bond donors (Lipinski definition) is 2. The molecule has 2 N–H and O–H groups in total. The molecule has 0 spiro atoms. The zero-order chi connectivity index (χ0) is 36.3. The van der Waals surface area contributed by atoms with Crippen molar-refractivity contribution in [3.05, 3.63) is 81.5 Å². The van der Waals surface area contributed by atoms with E-state index in [0.717, 1.165) is 34.6 Å². The van der Waals surface area contributed by atoms with E-state index in [2.05, 4.69) is 10.3 Å². The minimum Gasteiger partial charge on any atom is -0.496 e. The second-order valence-electron chi connectivity index (χ2n) is 13.2. The standard InChI is InChI=1S/C36H39ClF2N4O6S/c1-36(2,3)49-35(47)42(4)24-7-9-25(10-8-24)43(33(44)32-30(37)29-26(38)11-12-27(39)31(29)50-32)19-22-16-20(6-13-28(22)48-5)21-14-15-40-23(17-21)18-41-34(45)46/h6,11-17,24-25,41H,7-10,18-19H2,1-5H3,(H,45,46). The quantitative estimate of drug-likeness (QED) is 0.177. The van der Waals surface area contributed by atoms with Crippen LogP contribution in [0.1, 0.15) is 67.4 Å². The molecule has 2 aromatic carbocycles. The molecule has 1 aliphatic carbocycles. The van der Waals surface area contributed by atoms with Gasteiger partial charge in [0, 0.05) is 37.4 Å². The monoisotopic (exact) mass is 728 g/mol. The van der Waals surface area contributed by atoms with Crippen molar-refractivity contribution in [3.8, 4) is 16.9 Å². The van der Waals surface area contributed by atoms with Crippen LogP contribution in [0.3, 0.4) is 0 Å². The summed E-state index contributed by atoms with van der Waals surface area (Å²) in [5.41, 5.74) is 2.09. The van der Waals surface area contributed by atoms with Crippen molar-refractivity contribution in [3.63, 3.8) is 0 Å². The maximum absolute atomic E-state index is 14.8. The van der Waals surface area contributed by atoms with Crippen molar-refractivity contribution in [1.82, 2.24) is 20.1 Å². The summed E-state index contributed by atoms with van der Waals surface area (Å²) < 4.78 is 40.9. The lowest BCUT2D eigenvalue weighted by Gasteiger charge is -2.40. The number of nitrogens with zero attached hydrogens (tertiary/aromatic N) is 3. The van der Waals surface area contributed by atoms with E-state index in [1.807, 2.05) is 32.9 Å². The maximum Gasteiger partial charge on any atom is 0.410 e. The molecule has 5 rings (SSSR count). The van der Waals surface area contributed by atoms with Crippen molar-refractivity contribution in [1.29, 1.82) is 0 Å². The van der Waals surface area contributed by atoms with Gasteiger partial charge in [0.25, 0.3) is 5.91 Å². The largest absolute Gasteiger partial charge is 0.496 e. The van der Waals surface area contributed by atoms with Gasteiger partial charge in [-0.3, -0.25) is 9.78 Å². The number of nitrogens with one attached hydrogen (secondary N) is 1. The van der Waals surface area contributed by atoms with Crippen LogP contribution in [0.2, 0.25) is 5.02 Å². The Labute approximate surface area is 297 Å². The molecule has 10 nitrogen and oxygen atoms in total. The Morgan fingerprint density at radius 1 is 1.02 bits per heavy atom. The molecule has 4 aromatic rings. The number of carbonyl (C=O) groups is 3. The number of fused-ring (bicyclic) bond motifs is 1. The molecule has 50 heavy (non-hydrogen) atoms. The number of hydrogen-bond acceptors (Lipinski definition) is 7. The predicted molar refractivity (Wildman–Crippen MR) is 188 cm³/mol. The molecule has 1 fully saturated rings. The van der Waals surface area contributed by atoms with Gasteiger partial charge in [-0.2, -0.15) is 0 Å². The van der Waals surface area contributed by atoms with Crippen LogP contribution in [0.5, 0.6) is 5.75 Å². The molecule has 0 atom stereocenters. The second kappa shape index (κ2) is 15.2. The van der Waals surface area contributed by atoms with Gasteiger partial charge in [0.2, 0.25) is 0 Å². The molecule has 14 heteroatoms. The normalized spacial score (nSPS) is 16.2. The number of ether oxygens (including phenoxy) is 2. The third kappa shape index (κ3) is 8.27. The molecule has 2 heterocycles. The number of aromatic nitrogens is 1. The van der Waals surface area contributed by atoms with Gasteiger partial charge in [-0.25, -0.2) is 18.4 Å². The zero-order valence-corrected chi connectivity index (χ0v) is 30.0. The molecule has 0 saturated heterocycles. The van der Waals surface area contributed by atoms with E-state index in [4.69, 9.17) is 26.2 Å². The van der Waals surface area contributed by atoms with Gasteiger partial charge >= 0.3 is 12.2 Å². The minimum absolute atomic E-state index is 0.0252. The van der Waals surface area contributed by atoms with E-state index >= 15 is 0 Å². The Balaban J connectivity index is 1.49. The van der Waals surface area contributed by atoms with Crippen molar-refractivity contribution >= 4 is 51.1 Å². The van der Waals surface area contributed by atoms with Crippen molar-refractivity contribution in [2.45, 2.75) is 77.2 Å². The number of amides is 3. The predicted octanol–water partition coefficient (Wildman–Crippen LogP) is 8.49. The number of thiophene rings is 1. The van der Waals surface area contributed by atoms with Crippen LogP contribution < -0.4 is 10.1 Å². The SMILES string of the molecule is COc1ccc(-c2ccnc(CNC(=O)O)c2)cc1CN(C(=O)c1sc2c(F)ccc(F)c2c1Cl)C1CCC(N(C)C(=O)OC(C)(C)C)CC1. The fraction of sp³-hybridized carbons (Fsp3) is 0.389. The first-order valence-corrected chi connectivity index (χ1v) is 17.3. The number of carbonyl (C=O) groups excluding carboxylic acids is 2. The number of pyridine rings is 1. The van der Waals surface area contributed by atoms with Gasteiger partial charge in [-0.05, 0) is 94.0 Å². The molecule has 0 radical (unpaired) electrons. The summed E-state index contributed by atoms with van der Waals surface area (Å²) in [4.78, 5) is 45.9. The fourth-order valence-corrected chi connectivity index (χ4v) is 7.66. The molecular formula is C36H39ClF2N4O6S. The Morgan fingerprint density at radius 2 is 1.68 bits per heavy atom. The van der Waals surface area contributed by atoms with E-state index in [9.17, 15) is 23.2 Å². The van der Waals surface area contributed by atoms with E-state index in [0.29, 0.717) is 42.7 Å². The van der Waals surface area contributed by atoms with Gasteiger partial charge in [0.15, 0.2) is 0 Å². The first kappa shape index (κ1) is 36.8. The zero-order valence-electron chi connectivity index (χ0n) is 28.4. The highest BCUT2D eigenvalue weighted by atomic mass is 35.5. The molecule has 1 saturated carbocycles. The summed E-state index contributed by atoms with van der Waals surface area (Å²) >= 11 is 7.43. The Bertz CT molecular complexity index is 1910. The van der Waals surface area contributed by atoms with Crippen molar-refractivity contribution in [2.24, 2.45) is 0 Å². The van der Waals surface area contributed by atoms with Crippen LogP contribution in [0.25, 0.3) is 21.2 Å². The fourth-order valence-electron chi connectivity index (χ4n) is 6.16. The van der Waals surface area contributed by atoms with Gasteiger partial charge < -0.3 is 29.7 Å². The molecule has 3 amide bonds. The Hall–Kier alpha value is -4.49. The number of carboxylic acid groups (broad SMARTS) is 1. The van der Waals surface area contributed by atoms with Crippen LogP contribution in [0.15, 0.2) is 48.7 Å².